The monoisotopic (exact) mass is 390 g/mol. The van der Waals surface area contributed by atoms with Gasteiger partial charge in [0.2, 0.25) is 15.9 Å². The van der Waals surface area contributed by atoms with Gasteiger partial charge in [0.15, 0.2) is 11.2 Å². The van der Waals surface area contributed by atoms with Gasteiger partial charge in [-0.05, 0) is 24.1 Å². The molecule has 1 aromatic carbocycles. The molecular weight excluding hydrogens is 372 g/mol. The fourth-order valence-electron chi connectivity index (χ4n) is 2.56. The highest BCUT2D eigenvalue weighted by atomic mass is 32.2. The molecule has 0 saturated carbocycles. The molecule has 0 aliphatic carbocycles. The highest BCUT2D eigenvalue weighted by Gasteiger charge is 2.09. The second-order valence-corrected chi connectivity index (χ2v) is 7.44. The summed E-state index contributed by atoms with van der Waals surface area (Å²) < 4.78 is 24.1. The summed E-state index contributed by atoms with van der Waals surface area (Å²) in [6.07, 6.45) is 3.54. The largest absolute Gasteiger partial charge is 0.356 e. The van der Waals surface area contributed by atoms with Crippen molar-refractivity contribution in [3.05, 3.63) is 52.8 Å². The Morgan fingerprint density at radius 1 is 1.22 bits per heavy atom. The number of nitrogens with zero attached hydrogens (tertiary/aromatic N) is 3. The second-order valence-electron chi connectivity index (χ2n) is 5.88. The van der Waals surface area contributed by atoms with Crippen LogP contribution in [0.2, 0.25) is 0 Å². The van der Waals surface area contributed by atoms with Crippen LogP contribution in [0.3, 0.4) is 0 Å². The van der Waals surface area contributed by atoms with Crippen molar-refractivity contribution in [1.29, 1.82) is 0 Å². The van der Waals surface area contributed by atoms with Crippen LogP contribution in [0.4, 0.5) is 0 Å². The molecule has 0 unspecified atom stereocenters. The van der Waals surface area contributed by atoms with Crippen LogP contribution in [-0.4, -0.2) is 40.4 Å². The van der Waals surface area contributed by atoms with Gasteiger partial charge in [-0.2, -0.15) is 0 Å². The van der Waals surface area contributed by atoms with Crippen LogP contribution < -0.4 is 16.0 Å². The van der Waals surface area contributed by atoms with Crippen molar-refractivity contribution >= 4 is 27.1 Å². The number of carbonyl (C=O) groups excluding carboxylic acids is 1. The quantitative estimate of drug-likeness (QED) is 0.495. The molecule has 1 amide bonds. The van der Waals surface area contributed by atoms with Crippen molar-refractivity contribution in [2.24, 2.45) is 5.14 Å². The van der Waals surface area contributed by atoms with E-state index in [1.807, 2.05) is 0 Å². The van der Waals surface area contributed by atoms with E-state index in [0.717, 1.165) is 5.56 Å². The molecule has 142 valence electrons. The number of nitrogens with two attached hydrogens (primary N) is 1. The lowest BCUT2D eigenvalue weighted by Crippen LogP contribution is -2.26. The lowest BCUT2D eigenvalue weighted by atomic mass is 10.1. The number of amides is 1. The highest BCUT2D eigenvalue weighted by Crippen LogP contribution is 2.09. The van der Waals surface area contributed by atoms with E-state index in [0.29, 0.717) is 25.2 Å². The molecule has 0 spiro atoms. The van der Waals surface area contributed by atoms with Crippen LogP contribution in [0.15, 0.2) is 46.6 Å². The molecule has 3 rings (SSSR count). The van der Waals surface area contributed by atoms with E-state index in [-0.39, 0.29) is 28.3 Å². The lowest BCUT2D eigenvalue weighted by Gasteiger charge is -2.07. The van der Waals surface area contributed by atoms with E-state index in [9.17, 15) is 18.0 Å². The first-order valence-corrected chi connectivity index (χ1v) is 9.66. The number of aromatic amines is 1. The number of imidazole rings is 1. The van der Waals surface area contributed by atoms with E-state index in [1.165, 1.54) is 24.8 Å². The smallest absolute Gasteiger partial charge is 0.278 e. The Balaban J connectivity index is 1.48. The summed E-state index contributed by atoms with van der Waals surface area (Å²) in [5.74, 6) is -0.150. The minimum atomic E-state index is -3.70. The molecule has 2 heterocycles. The van der Waals surface area contributed by atoms with Gasteiger partial charge in [0.1, 0.15) is 0 Å². The molecule has 0 aliphatic heterocycles. The summed E-state index contributed by atoms with van der Waals surface area (Å²) in [4.78, 5) is 34.1. The fourth-order valence-corrected chi connectivity index (χ4v) is 3.07. The Bertz CT molecular complexity index is 1120. The highest BCUT2D eigenvalue weighted by molar-refractivity contribution is 7.89. The standard InChI is InChI=1S/C16H18N6O4S/c17-27(25,26)12-3-1-11(2-4-12)5-7-18-13(23)6-8-22-10-21-14-15(22)19-9-20-16(14)24/h1-4,9-10H,5-8H2,(H,18,23)(H2,17,25,26)(H,19,20,24). The van der Waals surface area contributed by atoms with Crippen molar-refractivity contribution in [2.75, 3.05) is 6.54 Å². The van der Waals surface area contributed by atoms with E-state index < -0.39 is 10.0 Å². The number of benzene rings is 1. The SMILES string of the molecule is NS(=O)(=O)c1ccc(CCNC(=O)CCn2cnc3c(=O)[nH]cnc32)cc1. The zero-order valence-electron chi connectivity index (χ0n) is 14.3. The zero-order valence-corrected chi connectivity index (χ0v) is 15.1. The Morgan fingerprint density at radius 2 is 1.96 bits per heavy atom. The normalized spacial score (nSPS) is 11.6. The molecule has 0 radical (unpaired) electrons. The molecule has 0 bridgehead atoms. The van der Waals surface area contributed by atoms with Gasteiger partial charge in [-0.25, -0.2) is 23.5 Å². The number of aryl methyl sites for hydroxylation is 1. The van der Waals surface area contributed by atoms with Crippen molar-refractivity contribution in [3.8, 4) is 0 Å². The average molecular weight is 390 g/mol. The summed E-state index contributed by atoms with van der Waals surface area (Å²) in [5.41, 5.74) is 1.23. The van der Waals surface area contributed by atoms with Crippen LogP contribution in [0.25, 0.3) is 11.2 Å². The molecule has 0 atom stereocenters. The number of H-pyrrole nitrogens is 1. The van der Waals surface area contributed by atoms with Gasteiger partial charge >= 0.3 is 0 Å². The number of rotatable bonds is 7. The van der Waals surface area contributed by atoms with E-state index >= 15 is 0 Å². The van der Waals surface area contributed by atoms with E-state index in [1.54, 1.807) is 16.7 Å². The summed E-state index contributed by atoms with van der Waals surface area (Å²) in [5, 5.41) is 7.84. The van der Waals surface area contributed by atoms with Gasteiger partial charge in [0.05, 0.1) is 17.6 Å². The molecule has 3 aromatic rings. The maximum Gasteiger partial charge on any atom is 0.278 e. The van der Waals surface area contributed by atoms with Gasteiger partial charge in [0.25, 0.3) is 5.56 Å². The first-order valence-electron chi connectivity index (χ1n) is 8.11. The molecule has 2 aromatic heterocycles. The third kappa shape index (κ3) is 4.57. The number of primary sulfonamides is 1. The lowest BCUT2D eigenvalue weighted by molar-refractivity contribution is -0.121. The number of carbonyl (C=O) groups is 1. The van der Waals surface area contributed by atoms with Crippen LogP contribution in [-0.2, 0) is 27.8 Å². The van der Waals surface area contributed by atoms with Crippen LogP contribution >= 0.6 is 0 Å². The molecular formula is C16H18N6O4S. The molecule has 10 nitrogen and oxygen atoms in total. The number of nitrogens with one attached hydrogen (secondary N) is 2. The summed E-state index contributed by atoms with van der Waals surface area (Å²) in [7, 11) is -3.70. The van der Waals surface area contributed by atoms with Crippen LogP contribution in [0.1, 0.15) is 12.0 Å². The predicted molar refractivity (Wildman–Crippen MR) is 97.3 cm³/mol. The van der Waals surface area contributed by atoms with Crippen molar-refractivity contribution in [2.45, 2.75) is 24.3 Å². The van der Waals surface area contributed by atoms with Crippen molar-refractivity contribution in [3.63, 3.8) is 0 Å². The average Bonchev–Trinajstić information content (AvgIpc) is 3.04. The minimum absolute atomic E-state index is 0.0512. The number of sulfonamides is 1. The molecule has 11 heteroatoms. The molecule has 0 fully saturated rings. The summed E-state index contributed by atoms with van der Waals surface area (Å²) in [6.45, 7) is 0.762. The fraction of sp³-hybridized carbons (Fsp3) is 0.250. The van der Waals surface area contributed by atoms with Crippen molar-refractivity contribution in [1.82, 2.24) is 24.8 Å². The van der Waals surface area contributed by atoms with Gasteiger partial charge < -0.3 is 14.9 Å². The van der Waals surface area contributed by atoms with E-state index in [4.69, 9.17) is 5.14 Å². The van der Waals surface area contributed by atoms with Gasteiger partial charge in [-0.15, -0.1) is 0 Å². The summed E-state index contributed by atoms with van der Waals surface area (Å²) in [6, 6.07) is 6.19. The maximum absolute atomic E-state index is 12.0. The second kappa shape index (κ2) is 7.68. The molecule has 27 heavy (non-hydrogen) atoms. The third-order valence-corrected chi connectivity index (χ3v) is 4.90. The number of hydrogen-bond acceptors (Lipinski definition) is 6. The van der Waals surface area contributed by atoms with Crippen molar-refractivity contribution < 1.29 is 13.2 Å². The van der Waals surface area contributed by atoms with Gasteiger partial charge in [-0.1, -0.05) is 12.1 Å². The number of aromatic nitrogens is 4. The predicted octanol–water partition coefficient (Wildman–Crippen LogP) is -0.484. The maximum atomic E-state index is 12.0. The van der Waals surface area contributed by atoms with Crippen LogP contribution in [0.5, 0.6) is 0 Å². The Kier molecular flexibility index (Phi) is 5.33. The minimum Gasteiger partial charge on any atom is -0.356 e. The van der Waals surface area contributed by atoms with Crippen LogP contribution in [0, 0.1) is 0 Å². The Labute approximate surface area is 154 Å². The Hall–Kier alpha value is -3.05. The topological polar surface area (TPSA) is 153 Å². The molecule has 4 N–H and O–H groups in total. The summed E-state index contributed by atoms with van der Waals surface area (Å²) >= 11 is 0. The number of fused-ring (bicyclic) bond motifs is 1. The zero-order chi connectivity index (χ0) is 19.4. The van der Waals surface area contributed by atoms with Gasteiger partial charge in [0, 0.05) is 19.5 Å². The van der Waals surface area contributed by atoms with E-state index in [2.05, 4.69) is 20.3 Å². The number of hydrogen-bond donors (Lipinski definition) is 3. The van der Waals surface area contributed by atoms with Gasteiger partial charge in [-0.3, -0.25) is 9.59 Å². The first kappa shape index (κ1) is 18.7. The third-order valence-electron chi connectivity index (χ3n) is 3.98. The molecule has 0 saturated heterocycles. The Morgan fingerprint density at radius 3 is 2.67 bits per heavy atom. The molecule has 0 aliphatic rings. The first-order chi connectivity index (χ1) is 12.8.